The molecule has 0 saturated heterocycles. The molecule has 1 spiro atoms. The monoisotopic (exact) mass is 487 g/mol. The molecular weight excluding hydrogens is 454 g/mol. The van der Waals surface area contributed by atoms with Crippen LogP contribution in [0.1, 0.15) is 66.6 Å². The minimum atomic E-state index is -0.418. The van der Waals surface area contributed by atoms with Gasteiger partial charge in [0.1, 0.15) is 12.4 Å². The first kappa shape index (κ1) is 24.3. The second kappa shape index (κ2) is 10.3. The summed E-state index contributed by atoms with van der Waals surface area (Å²) in [5, 5.41) is 13.4. The summed E-state index contributed by atoms with van der Waals surface area (Å²) in [6.45, 7) is 2.37. The molecule has 2 amide bonds. The van der Waals surface area contributed by atoms with Crippen molar-refractivity contribution < 1.29 is 19.5 Å². The zero-order valence-electron chi connectivity index (χ0n) is 20.6. The van der Waals surface area contributed by atoms with Crippen molar-refractivity contribution in [3.8, 4) is 5.75 Å². The zero-order valence-corrected chi connectivity index (χ0v) is 20.6. The molecule has 0 bridgehead atoms. The van der Waals surface area contributed by atoms with Crippen molar-refractivity contribution in [1.29, 1.82) is 0 Å². The van der Waals surface area contributed by atoms with Crippen LogP contribution in [0.4, 0.5) is 0 Å². The lowest BCUT2D eigenvalue weighted by Crippen LogP contribution is -2.43. The van der Waals surface area contributed by atoms with Gasteiger partial charge in [0.15, 0.2) is 0 Å². The number of nitrogens with zero attached hydrogens (tertiary/aromatic N) is 1. The highest BCUT2D eigenvalue weighted by molar-refractivity contribution is 5.95. The first-order valence-electron chi connectivity index (χ1n) is 12.8. The molecular formula is C29H33N3O4. The molecule has 0 radical (unpaired) electrons. The SMILES string of the molecule is Cc1cc(COc2ccc(C(=O)N[C@@H]3CC4(CCCCC4)C[C@@H]3C(=O)NO)cc2)c2ccccc2n1. The van der Waals surface area contributed by atoms with Crippen molar-refractivity contribution >= 4 is 22.7 Å². The van der Waals surface area contributed by atoms with Crippen LogP contribution in [-0.2, 0) is 11.4 Å². The topological polar surface area (TPSA) is 101 Å². The van der Waals surface area contributed by atoms with Crippen LogP contribution in [0.3, 0.4) is 0 Å². The molecule has 2 aliphatic rings. The van der Waals surface area contributed by atoms with Gasteiger partial charge in [-0.3, -0.25) is 19.8 Å². The maximum Gasteiger partial charge on any atom is 0.251 e. The molecule has 7 heteroatoms. The highest BCUT2D eigenvalue weighted by Crippen LogP contribution is 2.51. The molecule has 2 fully saturated rings. The molecule has 2 atom stereocenters. The lowest BCUT2D eigenvalue weighted by Gasteiger charge is -2.33. The van der Waals surface area contributed by atoms with E-state index in [-0.39, 0.29) is 17.4 Å². The van der Waals surface area contributed by atoms with E-state index >= 15 is 0 Å². The molecule has 2 saturated carbocycles. The van der Waals surface area contributed by atoms with Crippen molar-refractivity contribution in [2.45, 2.75) is 64.5 Å². The zero-order chi connectivity index (χ0) is 25.1. The van der Waals surface area contributed by atoms with Crippen LogP contribution in [0.25, 0.3) is 10.9 Å². The summed E-state index contributed by atoms with van der Waals surface area (Å²) in [5.41, 5.74) is 5.35. The molecule has 5 rings (SSSR count). The molecule has 0 aliphatic heterocycles. The first-order chi connectivity index (χ1) is 17.5. The number of aromatic nitrogens is 1. The Balaban J connectivity index is 1.24. The van der Waals surface area contributed by atoms with Crippen LogP contribution >= 0.6 is 0 Å². The summed E-state index contributed by atoms with van der Waals surface area (Å²) in [6, 6.07) is 16.8. The van der Waals surface area contributed by atoms with Gasteiger partial charge in [0.2, 0.25) is 5.91 Å². The number of ether oxygens (including phenoxy) is 1. The van der Waals surface area contributed by atoms with Gasteiger partial charge in [-0.2, -0.15) is 0 Å². The molecule has 7 nitrogen and oxygen atoms in total. The number of carbonyl (C=O) groups excluding carboxylic acids is 2. The molecule has 1 heterocycles. The highest BCUT2D eigenvalue weighted by Gasteiger charge is 2.48. The number of pyridine rings is 1. The summed E-state index contributed by atoms with van der Waals surface area (Å²) < 4.78 is 6.02. The van der Waals surface area contributed by atoms with Crippen LogP contribution in [0.2, 0.25) is 0 Å². The van der Waals surface area contributed by atoms with Crippen molar-refractivity contribution in [3.05, 3.63) is 71.4 Å². The molecule has 36 heavy (non-hydrogen) atoms. The lowest BCUT2D eigenvalue weighted by atomic mass is 9.72. The quantitative estimate of drug-likeness (QED) is 0.332. The molecule has 2 aliphatic carbocycles. The summed E-state index contributed by atoms with van der Waals surface area (Å²) in [5.74, 6) is -0.376. The van der Waals surface area contributed by atoms with Crippen LogP contribution in [-0.4, -0.2) is 28.0 Å². The number of amides is 2. The van der Waals surface area contributed by atoms with E-state index in [9.17, 15) is 14.8 Å². The van der Waals surface area contributed by atoms with Gasteiger partial charge in [0.05, 0.1) is 11.4 Å². The van der Waals surface area contributed by atoms with Gasteiger partial charge in [0, 0.05) is 28.2 Å². The fourth-order valence-electron chi connectivity index (χ4n) is 6.15. The number of para-hydroxylation sites is 1. The normalized spacial score (nSPS) is 20.8. The number of benzene rings is 2. The molecule has 1 aromatic heterocycles. The van der Waals surface area contributed by atoms with E-state index in [1.54, 1.807) is 24.3 Å². The standard InChI is InChI=1S/C29H33N3O4/c1-19-15-21(23-7-3-4-8-25(23)30-19)18-36-22-11-9-20(10-12-22)27(33)31-26-17-29(13-5-2-6-14-29)16-24(26)28(34)32-35/h3-4,7-12,15,24,26,35H,2,5-6,13-14,16-18H2,1H3,(H,31,33)(H,32,34)/t24-,26+/m0/s1. The van der Waals surface area contributed by atoms with Gasteiger partial charge in [-0.15, -0.1) is 0 Å². The highest BCUT2D eigenvalue weighted by atomic mass is 16.5. The van der Waals surface area contributed by atoms with Crippen molar-refractivity contribution in [2.24, 2.45) is 11.3 Å². The van der Waals surface area contributed by atoms with Crippen molar-refractivity contribution in [3.63, 3.8) is 0 Å². The van der Waals surface area contributed by atoms with Crippen molar-refractivity contribution in [2.75, 3.05) is 0 Å². The summed E-state index contributed by atoms with van der Waals surface area (Å²) in [7, 11) is 0. The minimum absolute atomic E-state index is 0.0839. The van der Waals surface area contributed by atoms with E-state index in [0.29, 0.717) is 24.3 Å². The Bertz CT molecular complexity index is 1250. The van der Waals surface area contributed by atoms with E-state index in [1.165, 1.54) is 6.42 Å². The first-order valence-corrected chi connectivity index (χ1v) is 12.8. The predicted octanol–water partition coefficient (Wildman–Crippen LogP) is 5.09. The number of carbonyl (C=O) groups is 2. The molecule has 0 unspecified atom stereocenters. The Labute approximate surface area is 211 Å². The predicted molar refractivity (Wildman–Crippen MR) is 137 cm³/mol. The summed E-state index contributed by atoms with van der Waals surface area (Å²) >= 11 is 0. The average molecular weight is 488 g/mol. The fourth-order valence-corrected chi connectivity index (χ4v) is 6.15. The van der Waals surface area contributed by atoms with Gasteiger partial charge in [-0.05, 0) is 74.4 Å². The Kier molecular flexibility index (Phi) is 6.92. The number of fused-ring (bicyclic) bond motifs is 1. The third-order valence-corrected chi connectivity index (χ3v) is 7.91. The number of nitrogens with one attached hydrogen (secondary N) is 2. The van der Waals surface area contributed by atoms with E-state index in [4.69, 9.17) is 4.74 Å². The van der Waals surface area contributed by atoms with Gasteiger partial charge in [0.25, 0.3) is 5.91 Å². The minimum Gasteiger partial charge on any atom is -0.489 e. The fraction of sp³-hybridized carbons (Fsp3) is 0.414. The van der Waals surface area contributed by atoms with E-state index < -0.39 is 11.8 Å². The lowest BCUT2D eigenvalue weighted by molar-refractivity contribution is -0.134. The maximum atomic E-state index is 13.0. The van der Waals surface area contributed by atoms with Gasteiger partial charge < -0.3 is 10.1 Å². The van der Waals surface area contributed by atoms with Gasteiger partial charge >= 0.3 is 0 Å². The van der Waals surface area contributed by atoms with Gasteiger partial charge in [-0.1, -0.05) is 37.5 Å². The number of hydroxylamine groups is 1. The third-order valence-electron chi connectivity index (χ3n) is 7.91. The van der Waals surface area contributed by atoms with E-state index in [0.717, 1.165) is 54.3 Å². The molecule has 2 aromatic carbocycles. The number of hydrogen-bond donors (Lipinski definition) is 3. The number of hydrogen-bond acceptors (Lipinski definition) is 5. The average Bonchev–Trinajstić information content (AvgIpc) is 3.24. The third kappa shape index (κ3) is 5.07. The van der Waals surface area contributed by atoms with Crippen LogP contribution in [0.5, 0.6) is 5.75 Å². The Morgan fingerprint density at radius 2 is 1.81 bits per heavy atom. The summed E-state index contributed by atoms with van der Waals surface area (Å²) in [4.78, 5) is 30.0. The molecule has 3 N–H and O–H groups in total. The van der Waals surface area contributed by atoms with Crippen LogP contribution in [0, 0.1) is 18.3 Å². The molecule has 188 valence electrons. The maximum absolute atomic E-state index is 13.0. The Morgan fingerprint density at radius 3 is 2.56 bits per heavy atom. The second-order valence-corrected chi connectivity index (χ2v) is 10.4. The van der Waals surface area contributed by atoms with Crippen molar-refractivity contribution in [1.82, 2.24) is 15.8 Å². The Morgan fingerprint density at radius 1 is 1.06 bits per heavy atom. The van der Waals surface area contributed by atoms with Crippen LogP contribution in [0.15, 0.2) is 54.6 Å². The summed E-state index contributed by atoms with van der Waals surface area (Å²) in [6.07, 6.45) is 7.17. The van der Waals surface area contributed by atoms with Crippen LogP contribution < -0.4 is 15.5 Å². The van der Waals surface area contributed by atoms with E-state index in [2.05, 4.69) is 10.3 Å². The number of aryl methyl sites for hydroxylation is 1. The Hall–Kier alpha value is -3.45. The second-order valence-electron chi connectivity index (χ2n) is 10.4. The van der Waals surface area contributed by atoms with E-state index in [1.807, 2.05) is 42.7 Å². The molecule has 3 aromatic rings. The van der Waals surface area contributed by atoms with Gasteiger partial charge in [-0.25, -0.2) is 5.48 Å². The smallest absolute Gasteiger partial charge is 0.251 e. The largest absolute Gasteiger partial charge is 0.489 e. The number of rotatable bonds is 6.